The first-order valence-corrected chi connectivity index (χ1v) is 11.6. The summed E-state index contributed by atoms with van der Waals surface area (Å²) in [5, 5.41) is 14.3. The maximum Gasteiger partial charge on any atom is 0.282 e. The van der Waals surface area contributed by atoms with Gasteiger partial charge in [0, 0.05) is 17.2 Å². The number of alkyl halides is 1. The van der Waals surface area contributed by atoms with Gasteiger partial charge < -0.3 is 5.32 Å². The summed E-state index contributed by atoms with van der Waals surface area (Å²) in [6.45, 7) is 0. The van der Waals surface area contributed by atoms with Crippen molar-refractivity contribution in [1.29, 1.82) is 0 Å². The van der Waals surface area contributed by atoms with Gasteiger partial charge >= 0.3 is 0 Å². The zero-order valence-corrected chi connectivity index (χ0v) is 18.3. The lowest BCUT2D eigenvalue weighted by molar-refractivity contribution is -0.387. The Labute approximate surface area is 193 Å². The number of hydrogen-bond acceptors (Lipinski definition) is 4. The molecule has 1 fully saturated rings. The summed E-state index contributed by atoms with van der Waals surface area (Å²) in [6, 6.07) is 17.6. The number of thioether (sulfide) groups is 1. The van der Waals surface area contributed by atoms with E-state index in [0.717, 1.165) is 11.1 Å². The van der Waals surface area contributed by atoms with Crippen molar-refractivity contribution in [2.75, 3.05) is 5.32 Å². The predicted octanol–water partition coefficient (Wildman–Crippen LogP) is 6.91. The van der Waals surface area contributed by atoms with E-state index in [1.54, 1.807) is 36.4 Å². The Morgan fingerprint density at radius 2 is 1.78 bits per heavy atom. The molecular formula is C24H19ClF2N2O2S. The first-order valence-electron chi connectivity index (χ1n) is 10.3. The van der Waals surface area contributed by atoms with Crippen LogP contribution in [0.3, 0.4) is 0 Å². The number of benzene rings is 3. The van der Waals surface area contributed by atoms with Crippen molar-refractivity contribution in [3.05, 3.63) is 99.6 Å². The number of fused-ring (bicyclic) bond motifs is 3. The summed E-state index contributed by atoms with van der Waals surface area (Å²) in [4.78, 5) is 11.7. The lowest BCUT2D eigenvalue weighted by Gasteiger charge is -2.38. The van der Waals surface area contributed by atoms with E-state index < -0.39 is 0 Å². The average Bonchev–Trinajstić information content (AvgIpc) is 3.11. The first kappa shape index (κ1) is 21.2. The van der Waals surface area contributed by atoms with Crippen LogP contribution < -0.4 is 5.32 Å². The third kappa shape index (κ3) is 3.63. The van der Waals surface area contributed by atoms with Crippen LogP contribution in [0, 0.1) is 27.7 Å². The molecule has 0 saturated heterocycles. The van der Waals surface area contributed by atoms with Crippen LogP contribution in [-0.4, -0.2) is 15.6 Å². The van der Waals surface area contributed by atoms with E-state index in [-0.39, 0.29) is 50.7 Å². The molecule has 2 aliphatic rings. The molecule has 8 heteroatoms. The Morgan fingerprint density at radius 1 is 1.03 bits per heavy atom. The van der Waals surface area contributed by atoms with Crippen LogP contribution in [0.25, 0.3) is 0 Å². The molecule has 1 saturated carbocycles. The summed E-state index contributed by atoms with van der Waals surface area (Å²) in [7, 11) is 0. The van der Waals surface area contributed by atoms with Crippen molar-refractivity contribution in [3.63, 3.8) is 0 Å². The van der Waals surface area contributed by atoms with Gasteiger partial charge in [0.05, 0.1) is 26.9 Å². The topological polar surface area (TPSA) is 55.2 Å². The average molecular weight is 473 g/mol. The van der Waals surface area contributed by atoms with Gasteiger partial charge in [-0.3, -0.25) is 10.1 Å². The van der Waals surface area contributed by atoms with Crippen LogP contribution in [0.5, 0.6) is 0 Å². The van der Waals surface area contributed by atoms with Crippen LogP contribution in [-0.2, 0) is 0 Å². The van der Waals surface area contributed by atoms with Crippen LogP contribution in [0.1, 0.15) is 29.5 Å². The molecular weight excluding hydrogens is 454 g/mol. The molecule has 32 heavy (non-hydrogen) atoms. The number of para-hydroxylation sites is 2. The molecule has 0 unspecified atom stereocenters. The largest absolute Gasteiger partial charge is 0.375 e. The fraction of sp³-hybridized carbons (Fsp3) is 0.250. The minimum Gasteiger partial charge on any atom is -0.375 e. The molecule has 0 bridgehead atoms. The van der Waals surface area contributed by atoms with Gasteiger partial charge in [0.1, 0.15) is 11.6 Å². The Hall–Kier alpha value is -2.64. The highest BCUT2D eigenvalue weighted by Crippen LogP contribution is 2.58. The maximum atomic E-state index is 14.7. The molecule has 0 radical (unpaired) electrons. The number of nitro benzene ring substituents is 1. The smallest absolute Gasteiger partial charge is 0.282 e. The number of nitrogens with one attached hydrogen (secondary N) is 1. The molecule has 0 aromatic heterocycles. The minimum atomic E-state index is -0.388. The van der Waals surface area contributed by atoms with Gasteiger partial charge in [-0.15, -0.1) is 23.4 Å². The number of hydrogen-bond donors (Lipinski definition) is 1. The Kier molecular flexibility index (Phi) is 5.55. The summed E-state index contributed by atoms with van der Waals surface area (Å²) in [5.41, 5.74) is 2.15. The van der Waals surface area contributed by atoms with Crippen LogP contribution >= 0.6 is 23.4 Å². The van der Waals surface area contributed by atoms with E-state index in [1.807, 2.05) is 6.07 Å². The van der Waals surface area contributed by atoms with Crippen LogP contribution in [0.4, 0.5) is 20.2 Å². The standard InChI is InChI=1S/C24H19ClF2N2O2S/c25-22-20(32-19-7-2-1-6-18(19)29(30)31)12-16-21(22)15-4-3-5-17(27)24(15)28-23(16)13-8-10-14(26)11-9-13/h1-11,16,20-23,28H,12H2/t16-,20-,21+,22-,23+/m1/s1. The maximum absolute atomic E-state index is 14.7. The van der Waals surface area contributed by atoms with E-state index in [1.165, 1.54) is 36.0 Å². The first-order chi connectivity index (χ1) is 15.4. The Bertz CT molecular complexity index is 1180. The van der Waals surface area contributed by atoms with Gasteiger partial charge in [-0.1, -0.05) is 36.4 Å². The molecule has 1 N–H and O–H groups in total. The van der Waals surface area contributed by atoms with Crippen molar-refractivity contribution in [2.24, 2.45) is 5.92 Å². The number of nitro groups is 1. The monoisotopic (exact) mass is 472 g/mol. The van der Waals surface area contributed by atoms with E-state index in [4.69, 9.17) is 11.6 Å². The summed E-state index contributed by atoms with van der Waals surface area (Å²) in [5.74, 6) is -0.803. The minimum absolute atomic E-state index is 0.0255. The third-order valence-corrected chi connectivity index (χ3v) is 8.48. The Balaban J connectivity index is 1.54. The van der Waals surface area contributed by atoms with Crippen LogP contribution in [0.15, 0.2) is 71.6 Å². The van der Waals surface area contributed by atoms with Crippen LogP contribution in [0.2, 0.25) is 0 Å². The molecule has 3 aromatic rings. The lowest BCUT2D eigenvalue weighted by Crippen LogP contribution is -2.31. The third-order valence-electron chi connectivity index (χ3n) is 6.37. The second-order valence-corrected chi connectivity index (χ2v) is 9.91. The number of rotatable bonds is 4. The van der Waals surface area contributed by atoms with E-state index in [2.05, 4.69) is 5.32 Å². The zero-order valence-electron chi connectivity index (χ0n) is 16.8. The highest BCUT2D eigenvalue weighted by molar-refractivity contribution is 8.00. The van der Waals surface area contributed by atoms with E-state index in [9.17, 15) is 18.9 Å². The molecule has 1 heterocycles. The lowest BCUT2D eigenvalue weighted by atomic mass is 9.77. The SMILES string of the molecule is O=[N+]([O-])c1ccccc1S[C@@H]1C[C@@H]2[C@H](c3cccc(F)c3N[C@H]2c2ccc(F)cc2)[C@@H]1Cl. The van der Waals surface area contributed by atoms with Crippen molar-refractivity contribution >= 4 is 34.7 Å². The summed E-state index contributed by atoms with van der Waals surface area (Å²) >= 11 is 8.39. The normalized spacial score (nSPS) is 26.2. The Morgan fingerprint density at radius 3 is 2.53 bits per heavy atom. The molecule has 164 valence electrons. The number of nitrogens with zero attached hydrogens (tertiary/aromatic N) is 1. The second-order valence-electron chi connectivity index (χ2n) is 8.13. The molecule has 0 spiro atoms. The molecule has 0 amide bonds. The fourth-order valence-corrected chi connectivity index (χ4v) is 6.92. The molecule has 4 nitrogen and oxygen atoms in total. The molecule has 5 rings (SSSR count). The summed E-state index contributed by atoms with van der Waals surface area (Å²) in [6.07, 6.45) is 0.681. The second kappa shape index (κ2) is 8.37. The quantitative estimate of drug-likeness (QED) is 0.254. The highest BCUT2D eigenvalue weighted by atomic mass is 35.5. The molecule has 1 aliphatic carbocycles. The van der Waals surface area contributed by atoms with Gasteiger partial charge in [-0.2, -0.15) is 0 Å². The van der Waals surface area contributed by atoms with Crippen molar-refractivity contribution in [2.45, 2.75) is 33.9 Å². The van der Waals surface area contributed by atoms with Crippen molar-refractivity contribution < 1.29 is 13.7 Å². The molecule has 3 aromatic carbocycles. The van der Waals surface area contributed by atoms with Gasteiger partial charge in [0.2, 0.25) is 0 Å². The predicted molar refractivity (Wildman–Crippen MR) is 122 cm³/mol. The van der Waals surface area contributed by atoms with Gasteiger partial charge in [-0.25, -0.2) is 8.78 Å². The number of halogens is 3. The number of anilines is 1. The van der Waals surface area contributed by atoms with Crippen molar-refractivity contribution in [1.82, 2.24) is 0 Å². The highest BCUT2D eigenvalue weighted by Gasteiger charge is 2.50. The van der Waals surface area contributed by atoms with Gasteiger partial charge in [-0.05, 0) is 47.7 Å². The van der Waals surface area contributed by atoms with Gasteiger partial charge in [0.15, 0.2) is 0 Å². The van der Waals surface area contributed by atoms with Crippen molar-refractivity contribution in [3.8, 4) is 0 Å². The molecule has 1 aliphatic heterocycles. The molecule has 5 atom stereocenters. The van der Waals surface area contributed by atoms with E-state index in [0.29, 0.717) is 17.0 Å². The van der Waals surface area contributed by atoms with E-state index >= 15 is 0 Å². The fourth-order valence-electron chi connectivity index (χ4n) is 4.98. The van der Waals surface area contributed by atoms with Gasteiger partial charge in [0.25, 0.3) is 5.69 Å². The zero-order chi connectivity index (χ0) is 22.4. The summed E-state index contributed by atoms with van der Waals surface area (Å²) < 4.78 is 28.3.